The molecular weight excluding hydrogens is 311 g/mol. The molecule has 0 aromatic heterocycles. The average Bonchev–Trinajstić information content (AvgIpc) is 2.31. The summed E-state index contributed by atoms with van der Waals surface area (Å²) in [5.41, 5.74) is 0. The zero-order valence-electron chi connectivity index (χ0n) is 10.8. The minimum absolute atomic E-state index is 0. The fourth-order valence-electron chi connectivity index (χ4n) is 1.27. The molecule has 0 aliphatic carbocycles. The fraction of sp³-hybridized carbons (Fsp3) is 0.417. The van der Waals surface area contributed by atoms with E-state index in [-0.39, 0.29) is 24.9 Å². The predicted octanol–water partition coefficient (Wildman–Crippen LogP) is 2.47. The standard InChI is InChI=1S/C12H16Cl2N2O2.ClH/c1-15-3-4-16(2)12(17)8-18-11-6-9(13)5-10(14)7-11;/h5-7,15H,3-4,8H2,1-2H3;1H. The van der Waals surface area contributed by atoms with Gasteiger partial charge >= 0.3 is 0 Å². The highest BCUT2D eigenvalue weighted by Crippen LogP contribution is 2.24. The summed E-state index contributed by atoms with van der Waals surface area (Å²) in [5.74, 6) is 0.393. The molecule has 0 aliphatic rings. The number of hydrogen-bond acceptors (Lipinski definition) is 3. The average molecular weight is 328 g/mol. The van der Waals surface area contributed by atoms with Crippen molar-refractivity contribution in [3.63, 3.8) is 0 Å². The van der Waals surface area contributed by atoms with Crippen molar-refractivity contribution >= 4 is 41.5 Å². The maximum atomic E-state index is 11.7. The number of ether oxygens (including phenoxy) is 1. The van der Waals surface area contributed by atoms with Crippen LogP contribution in [0.5, 0.6) is 5.75 Å². The summed E-state index contributed by atoms with van der Waals surface area (Å²) in [4.78, 5) is 13.3. The number of nitrogens with zero attached hydrogens (tertiary/aromatic N) is 1. The Kier molecular flexibility index (Phi) is 8.93. The molecule has 0 spiro atoms. The van der Waals surface area contributed by atoms with E-state index in [1.807, 2.05) is 7.05 Å². The van der Waals surface area contributed by atoms with E-state index in [0.717, 1.165) is 6.54 Å². The summed E-state index contributed by atoms with van der Waals surface area (Å²) >= 11 is 11.7. The summed E-state index contributed by atoms with van der Waals surface area (Å²) < 4.78 is 5.35. The molecule has 0 aliphatic heterocycles. The van der Waals surface area contributed by atoms with Crippen LogP contribution in [0.3, 0.4) is 0 Å². The molecule has 1 rings (SSSR count). The van der Waals surface area contributed by atoms with E-state index in [2.05, 4.69) is 5.32 Å². The third-order valence-electron chi connectivity index (χ3n) is 2.32. The van der Waals surface area contributed by atoms with Crippen molar-refractivity contribution in [1.29, 1.82) is 0 Å². The largest absolute Gasteiger partial charge is 0.484 e. The van der Waals surface area contributed by atoms with Crippen LogP contribution in [-0.4, -0.2) is 44.6 Å². The zero-order chi connectivity index (χ0) is 13.5. The Labute approximate surface area is 129 Å². The van der Waals surface area contributed by atoms with Gasteiger partial charge < -0.3 is 15.0 Å². The topological polar surface area (TPSA) is 41.6 Å². The molecule has 0 saturated heterocycles. The quantitative estimate of drug-likeness (QED) is 0.873. The molecule has 19 heavy (non-hydrogen) atoms. The van der Waals surface area contributed by atoms with Crippen LogP contribution < -0.4 is 10.1 Å². The predicted molar refractivity (Wildman–Crippen MR) is 80.8 cm³/mol. The van der Waals surface area contributed by atoms with E-state index in [1.54, 1.807) is 30.1 Å². The lowest BCUT2D eigenvalue weighted by Gasteiger charge is -2.17. The van der Waals surface area contributed by atoms with E-state index >= 15 is 0 Å². The van der Waals surface area contributed by atoms with Crippen LogP contribution in [0.25, 0.3) is 0 Å². The van der Waals surface area contributed by atoms with Crippen molar-refractivity contribution in [1.82, 2.24) is 10.2 Å². The van der Waals surface area contributed by atoms with Gasteiger partial charge in [0.25, 0.3) is 5.91 Å². The molecule has 1 aromatic rings. The van der Waals surface area contributed by atoms with Crippen molar-refractivity contribution in [3.8, 4) is 5.75 Å². The SMILES string of the molecule is CNCCN(C)C(=O)COc1cc(Cl)cc(Cl)c1.Cl. The number of carbonyl (C=O) groups is 1. The second-order valence-electron chi connectivity index (χ2n) is 3.81. The van der Waals surface area contributed by atoms with Gasteiger partial charge in [0.05, 0.1) is 0 Å². The summed E-state index contributed by atoms with van der Waals surface area (Å²) in [5, 5.41) is 3.93. The number of halogens is 3. The molecule has 0 heterocycles. The summed E-state index contributed by atoms with van der Waals surface area (Å²) in [6.45, 7) is 1.34. The maximum absolute atomic E-state index is 11.7. The molecule has 1 aromatic carbocycles. The van der Waals surface area contributed by atoms with Crippen LogP contribution in [0, 0.1) is 0 Å². The number of rotatable bonds is 6. The van der Waals surface area contributed by atoms with Gasteiger partial charge in [-0.15, -0.1) is 12.4 Å². The molecule has 0 fully saturated rings. The molecule has 0 saturated carbocycles. The molecule has 108 valence electrons. The molecule has 1 N–H and O–H groups in total. The van der Waals surface area contributed by atoms with Crippen LogP contribution in [-0.2, 0) is 4.79 Å². The Morgan fingerprint density at radius 2 is 1.89 bits per heavy atom. The first-order valence-electron chi connectivity index (χ1n) is 5.50. The highest BCUT2D eigenvalue weighted by atomic mass is 35.5. The van der Waals surface area contributed by atoms with E-state index in [0.29, 0.717) is 22.3 Å². The molecular formula is C12H17Cl3N2O2. The summed E-state index contributed by atoms with van der Waals surface area (Å²) in [6.07, 6.45) is 0. The number of hydrogen-bond donors (Lipinski definition) is 1. The Morgan fingerprint density at radius 1 is 1.32 bits per heavy atom. The minimum atomic E-state index is -0.0960. The van der Waals surface area contributed by atoms with Gasteiger partial charge in [0.15, 0.2) is 6.61 Å². The summed E-state index contributed by atoms with van der Waals surface area (Å²) in [6, 6.07) is 4.85. The zero-order valence-corrected chi connectivity index (χ0v) is 13.1. The minimum Gasteiger partial charge on any atom is -0.484 e. The highest BCUT2D eigenvalue weighted by Gasteiger charge is 2.09. The second-order valence-corrected chi connectivity index (χ2v) is 4.69. The number of benzene rings is 1. The molecule has 0 bridgehead atoms. The lowest BCUT2D eigenvalue weighted by molar-refractivity contribution is -0.131. The second kappa shape index (κ2) is 9.26. The normalized spacial score (nSPS) is 9.68. The monoisotopic (exact) mass is 326 g/mol. The van der Waals surface area contributed by atoms with Crippen LogP contribution >= 0.6 is 35.6 Å². The maximum Gasteiger partial charge on any atom is 0.260 e. The van der Waals surface area contributed by atoms with Crippen molar-refractivity contribution in [2.24, 2.45) is 0 Å². The van der Waals surface area contributed by atoms with Gasteiger partial charge in [-0.05, 0) is 25.2 Å². The smallest absolute Gasteiger partial charge is 0.260 e. The Hall–Kier alpha value is -0.680. The van der Waals surface area contributed by atoms with Gasteiger partial charge in [-0.2, -0.15) is 0 Å². The number of carbonyl (C=O) groups excluding carboxylic acids is 1. The third kappa shape index (κ3) is 6.87. The molecule has 0 radical (unpaired) electrons. The van der Waals surface area contributed by atoms with Gasteiger partial charge in [-0.3, -0.25) is 4.79 Å². The van der Waals surface area contributed by atoms with Gasteiger partial charge in [0.1, 0.15) is 5.75 Å². The Balaban J connectivity index is 0.00000324. The highest BCUT2D eigenvalue weighted by molar-refractivity contribution is 6.34. The van der Waals surface area contributed by atoms with Crippen molar-refractivity contribution < 1.29 is 9.53 Å². The van der Waals surface area contributed by atoms with Crippen LogP contribution in [0.2, 0.25) is 10.0 Å². The first kappa shape index (κ1) is 18.3. The lowest BCUT2D eigenvalue weighted by Crippen LogP contribution is -2.35. The van der Waals surface area contributed by atoms with Crippen molar-refractivity contribution in [2.75, 3.05) is 33.8 Å². The van der Waals surface area contributed by atoms with Crippen molar-refractivity contribution in [2.45, 2.75) is 0 Å². The van der Waals surface area contributed by atoms with Crippen LogP contribution in [0.4, 0.5) is 0 Å². The number of nitrogens with one attached hydrogen (secondary N) is 1. The molecule has 7 heteroatoms. The van der Waals surface area contributed by atoms with Crippen LogP contribution in [0.15, 0.2) is 18.2 Å². The molecule has 0 unspecified atom stereocenters. The van der Waals surface area contributed by atoms with E-state index in [1.165, 1.54) is 0 Å². The molecule has 0 atom stereocenters. The summed E-state index contributed by atoms with van der Waals surface area (Å²) in [7, 11) is 3.57. The van der Waals surface area contributed by atoms with Gasteiger partial charge in [-0.25, -0.2) is 0 Å². The van der Waals surface area contributed by atoms with Gasteiger partial charge in [-0.1, -0.05) is 23.2 Å². The lowest BCUT2D eigenvalue weighted by atomic mass is 10.3. The third-order valence-corrected chi connectivity index (χ3v) is 2.76. The molecule has 1 amide bonds. The Morgan fingerprint density at radius 3 is 2.42 bits per heavy atom. The van der Waals surface area contributed by atoms with Gasteiger partial charge in [0.2, 0.25) is 0 Å². The van der Waals surface area contributed by atoms with E-state index < -0.39 is 0 Å². The first-order chi connectivity index (χ1) is 8.52. The molecule has 4 nitrogen and oxygen atoms in total. The first-order valence-corrected chi connectivity index (χ1v) is 6.26. The van der Waals surface area contributed by atoms with Gasteiger partial charge in [0, 0.05) is 30.2 Å². The Bertz CT molecular complexity index is 396. The van der Waals surface area contributed by atoms with E-state index in [4.69, 9.17) is 27.9 Å². The number of amides is 1. The van der Waals surface area contributed by atoms with E-state index in [9.17, 15) is 4.79 Å². The van der Waals surface area contributed by atoms with Crippen LogP contribution in [0.1, 0.15) is 0 Å². The fourth-order valence-corrected chi connectivity index (χ4v) is 1.78. The van der Waals surface area contributed by atoms with Crippen molar-refractivity contribution in [3.05, 3.63) is 28.2 Å². The number of likely N-dealkylation sites (N-methyl/N-ethyl adjacent to an activating group) is 2.